The first-order valence-electron chi connectivity index (χ1n) is 11.6. The molecule has 2 aliphatic rings. The van der Waals surface area contributed by atoms with Gasteiger partial charge in [0.1, 0.15) is 11.3 Å². The fourth-order valence-corrected chi connectivity index (χ4v) is 5.22. The zero-order valence-corrected chi connectivity index (χ0v) is 19.3. The van der Waals surface area contributed by atoms with E-state index in [1.165, 1.54) is 6.07 Å². The van der Waals surface area contributed by atoms with Gasteiger partial charge in [0.15, 0.2) is 5.65 Å². The monoisotopic (exact) mass is 487 g/mol. The Morgan fingerprint density at radius 1 is 1.18 bits per heavy atom. The number of nitrogens with zero attached hydrogens (tertiary/aromatic N) is 4. The predicted molar refractivity (Wildman–Crippen MR) is 127 cm³/mol. The van der Waals surface area contributed by atoms with Crippen LogP contribution in [0.15, 0.2) is 24.4 Å². The number of nitrogens with two attached hydrogens (primary N) is 1. The van der Waals surface area contributed by atoms with Crippen LogP contribution >= 0.6 is 11.6 Å². The zero-order valence-electron chi connectivity index (χ0n) is 18.5. The van der Waals surface area contributed by atoms with Gasteiger partial charge in [-0.2, -0.15) is 4.98 Å². The van der Waals surface area contributed by atoms with Gasteiger partial charge in [0.05, 0.1) is 23.0 Å². The highest BCUT2D eigenvalue weighted by molar-refractivity contribution is 6.33. The molecule has 2 heterocycles. The average Bonchev–Trinajstić information content (AvgIpc) is 3.38. The SMILES string of the molecule is NC(=O)[C@H]1CC[C@H](n2c(Nc3c(F)cccc3Cl)nc3cnc(N[C@@H]4CC[C@@H](O)C4)nc32)CC1. The van der Waals surface area contributed by atoms with Crippen LogP contribution in [0.4, 0.5) is 22.0 Å². The van der Waals surface area contributed by atoms with E-state index in [0.29, 0.717) is 55.2 Å². The van der Waals surface area contributed by atoms with E-state index >= 15 is 0 Å². The third-order valence-corrected chi connectivity index (χ3v) is 7.15. The number of rotatable bonds is 6. The highest BCUT2D eigenvalue weighted by atomic mass is 35.5. The van der Waals surface area contributed by atoms with Gasteiger partial charge in [0, 0.05) is 18.0 Å². The molecule has 1 aromatic carbocycles. The summed E-state index contributed by atoms with van der Waals surface area (Å²) in [5.41, 5.74) is 6.82. The molecule has 2 aliphatic carbocycles. The predicted octanol–water partition coefficient (Wildman–Crippen LogP) is 3.90. The van der Waals surface area contributed by atoms with E-state index in [0.717, 1.165) is 12.8 Å². The molecule has 5 N–H and O–H groups in total. The van der Waals surface area contributed by atoms with Crippen LogP contribution in [0, 0.1) is 11.7 Å². The van der Waals surface area contributed by atoms with E-state index in [9.17, 15) is 14.3 Å². The molecule has 0 saturated heterocycles. The van der Waals surface area contributed by atoms with Crippen molar-refractivity contribution in [1.82, 2.24) is 19.5 Å². The Hall–Kier alpha value is -2.98. The number of aliphatic hydroxyl groups excluding tert-OH is 1. The summed E-state index contributed by atoms with van der Waals surface area (Å²) in [5.74, 6) is -0.0554. The van der Waals surface area contributed by atoms with Gasteiger partial charge in [-0.05, 0) is 57.1 Å². The number of hydrogen-bond acceptors (Lipinski definition) is 7. The number of aliphatic hydroxyl groups is 1. The van der Waals surface area contributed by atoms with Gasteiger partial charge < -0.3 is 21.5 Å². The minimum absolute atomic E-state index is 0.00954. The molecule has 5 rings (SSSR count). The second-order valence-electron chi connectivity index (χ2n) is 9.15. The largest absolute Gasteiger partial charge is 0.393 e. The van der Waals surface area contributed by atoms with E-state index in [2.05, 4.69) is 20.6 Å². The number of nitrogens with one attached hydrogen (secondary N) is 2. The Labute approximate surface area is 200 Å². The van der Waals surface area contributed by atoms with E-state index in [1.807, 2.05) is 4.57 Å². The van der Waals surface area contributed by atoms with Crippen molar-refractivity contribution < 1.29 is 14.3 Å². The molecule has 1 amide bonds. The maximum absolute atomic E-state index is 14.5. The molecule has 0 spiro atoms. The molecule has 0 aliphatic heterocycles. The molecule has 2 atom stereocenters. The van der Waals surface area contributed by atoms with Crippen LogP contribution in [0.25, 0.3) is 11.2 Å². The first kappa shape index (κ1) is 22.8. The number of halogens is 2. The fourth-order valence-electron chi connectivity index (χ4n) is 5.01. The highest BCUT2D eigenvalue weighted by Gasteiger charge is 2.30. The lowest BCUT2D eigenvalue weighted by atomic mass is 9.85. The van der Waals surface area contributed by atoms with E-state index < -0.39 is 5.82 Å². The van der Waals surface area contributed by atoms with Crippen molar-refractivity contribution in [3.63, 3.8) is 0 Å². The van der Waals surface area contributed by atoms with Crippen LogP contribution < -0.4 is 16.4 Å². The average molecular weight is 488 g/mol. The standard InChI is InChI=1S/C23H27ClFN7O2/c24-16-2-1-3-17(25)19(16)30-23-29-18-11-27-22(28-13-6-9-15(33)10-13)31-21(18)32(23)14-7-4-12(5-8-14)20(26)34/h1-3,11-15,33H,4-10H2,(H2,26,34)(H,29,30)(H,27,28,31)/t12-,13-,14-,15-/m1/s1. The van der Waals surface area contributed by atoms with Crippen LogP contribution in [0.5, 0.6) is 0 Å². The van der Waals surface area contributed by atoms with E-state index in [1.54, 1.807) is 18.3 Å². The minimum Gasteiger partial charge on any atom is -0.393 e. The molecule has 34 heavy (non-hydrogen) atoms. The third kappa shape index (κ3) is 4.52. The van der Waals surface area contributed by atoms with Gasteiger partial charge in [0.25, 0.3) is 0 Å². The number of aromatic nitrogens is 4. The quantitative estimate of drug-likeness (QED) is 0.414. The van der Waals surface area contributed by atoms with Crippen molar-refractivity contribution in [2.24, 2.45) is 11.7 Å². The van der Waals surface area contributed by atoms with Crippen molar-refractivity contribution in [3.8, 4) is 0 Å². The first-order chi connectivity index (χ1) is 16.4. The summed E-state index contributed by atoms with van der Waals surface area (Å²) in [7, 11) is 0. The normalized spacial score (nSPS) is 24.9. The summed E-state index contributed by atoms with van der Waals surface area (Å²) >= 11 is 6.25. The lowest BCUT2D eigenvalue weighted by Gasteiger charge is -2.29. The number of carbonyl (C=O) groups is 1. The van der Waals surface area contributed by atoms with Crippen molar-refractivity contribution in [2.75, 3.05) is 10.6 Å². The van der Waals surface area contributed by atoms with E-state index in [4.69, 9.17) is 22.3 Å². The number of amides is 1. The Balaban J connectivity index is 1.52. The van der Waals surface area contributed by atoms with Crippen molar-refractivity contribution >= 4 is 46.3 Å². The second-order valence-corrected chi connectivity index (χ2v) is 9.55. The van der Waals surface area contributed by atoms with Crippen LogP contribution in [0.3, 0.4) is 0 Å². The molecule has 2 saturated carbocycles. The van der Waals surface area contributed by atoms with Crippen LogP contribution in [-0.2, 0) is 4.79 Å². The number of primary amides is 1. The summed E-state index contributed by atoms with van der Waals surface area (Å²) in [6, 6.07) is 4.57. The van der Waals surface area contributed by atoms with Crippen LogP contribution in [-0.4, -0.2) is 42.7 Å². The summed E-state index contributed by atoms with van der Waals surface area (Å²) < 4.78 is 16.5. The summed E-state index contributed by atoms with van der Waals surface area (Å²) in [6.07, 6.45) is 6.31. The number of benzene rings is 1. The molecular formula is C23H27ClFN7O2. The third-order valence-electron chi connectivity index (χ3n) is 6.83. The molecule has 0 radical (unpaired) electrons. The van der Waals surface area contributed by atoms with Gasteiger partial charge >= 0.3 is 0 Å². The Kier molecular flexibility index (Phi) is 6.26. The summed E-state index contributed by atoms with van der Waals surface area (Å²) in [4.78, 5) is 25.5. The first-order valence-corrected chi connectivity index (χ1v) is 12.0. The maximum Gasteiger partial charge on any atom is 0.224 e. The van der Waals surface area contributed by atoms with Crippen LogP contribution in [0.1, 0.15) is 51.0 Å². The zero-order chi connectivity index (χ0) is 23.8. The Morgan fingerprint density at radius 2 is 1.97 bits per heavy atom. The smallest absolute Gasteiger partial charge is 0.224 e. The molecule has 9 nitrogen and oxygen atoms in total. The molecule has 2 aromatic heterocycles. The Morgan fingerprint density at radius 3 is 2.65 bits per heavy atom. The van der Waals surface area contributed by atoms with Gasteiger partial charge in [-0.3, -0.25) is 9.36 Å². The number of para-hydroxylation sites is 1. The lowest BCUT2D eigenvalue weighted by Crippen LogP contribution is -2.29. The number of hydrogen-bond donors (Lipinski definition) is 4. The fraction of sp³-hybridized carbons (Fsp3) is 0.478. The molecule has 180 valence electrons. The van der Waals surface area contributed by atoms with Gasteiger partial charge in [-0.25, -0.2) is 14.4 Å². The van der Waals surface area contributed by atoms with Gasteiger partial charge in [-0.15, -0.1) is 0 Å². The number of carbonyl (C=O) groups excluding carboxylic acids is 1. The van der Waals surface area contributed by atoms with E-state index in [-0.39, 0.29) is 40.7 Å². The number of anilines is 3. The molecule has 0 bridgehead atoms. The van der Waals surface area contributed by atoms with Gasteiger partial charge in [0.2, 0.25) is 17.8 Å². The summed E-state index contributed by atoms with van der Waals surface area (Å²) in [5, 5.41) is 16.4. The highest BCUT2D eigenvalue weighted by Crippen LogP contribution is 2.38. The van der Waals surface area contributed by atoms with Crippen molar-refractivity contribution in [3.05, 3.63) is 35.2 Å². The molecule has 2 fully saturated rings. The number of imidazole rings is 1. The lowest BCUT2D eigenvalue weighted by molar-refractivity contribution is -0.122. The second kappa shape index (κ2) is 9.34. The number of fused-ring (bicyclic) bond motifs is 1. The minimum atomic E-state index is -0.489. The van der Waals surface area contributed by atoms with Crippen molar-refractivity contribution in [2.45, 2.75) is 63.1 Å². The molecule has 3 aromatic rings. The van der Waals surface area contributed by atoms with Gasteiger partial charge in [-0.1, -0.05) is 17.7 Å². The summed E-state index contributed by atoms with van der Waals surface area (Å²) in [6.45, 7) is 0. The maximum atomic E-state index is 14.5. The Bertz CT molecular complexity index is 1190. The van der Waals surface area contributed by atoms with Crippen LogP contribution in [0.2, 0.25) is 5.02 Å². The molecule has 11 heteroatoms. The molecular weight excluding hydrogens is 461 g/mol. The topological polar surface area (TPSA) is 131 Å². The molecule has 0 unspecified atom stereocenters. The van der Waals surface area contributed by atoms with Crippen molar-refractivity contribution in [1.29, 1.82) is 0 Å².